The van der Waals surface area contributed by atoms with Crippen LogP contribution in [0.2, 0.25) is 0 Å². The minimum absolute atomic E-state index is 0.130. The van der Waals surface area contributed by atoms with E-state index in [1.54, 1.807) is 30.3 Å². The van der Waals surface area contributed by atoms with Crippen LogP contribution in [0.5, 0.6) is 11.5 Å². The van der Waals surface area contributed by atoms with Gasteiger partial charge in [-0.3, -0.25) is 0 Å². The number of benzene rings is 2. The fourth-order valence-corrected chi connectivity index (χ4v) is 3.78. The van der Waals surface area contributed by atoms with Gasteiger partial charge in [0.15, 0.2) is 0 Å². The highest BCUT2D eigenvalue weighted by atomic mass is 32.2. The van der Waals surface area contributed by atoms with E-state index in [1.807, 2.05) is 0 Å². The Morgan fingerprint density at radius 1 is 1.09 bits per heavy atom. The highest BCUT2D eigenvalue weighted by Crippen LogP contribution is 2.34. The van der Waals surface area contributed by atoms with Crippen LogP contribution in [-0.4, -0.2) is 20.1 Å². The molecule has 1 aliphatic rings. The zero-order valence-electron chi connectivity index (χ0n) is 11.7. The maximum Gasteiger partial charge on any atom is 0.200 e. The van der Waals surface area contributed by atoms with E-state index in [1.165, 1.54) is 17.5 Å². The van der Waals surface area contributed by atoms with Crippen LogP contribution >= 0.6 is 0 Å². The number of phenols is 1. The molecule has 0 atom stereocenters. The van der Waals surface area contributed by atoms with Gasteiger partial charge in [0.25, 0.3) is 0 Å². The molecule has 114 valence electrons. The quantitative estimate of drug-likeness (QED) is 0.901. The summed E-state index contributed by atoms with van der Waals surface area (Å²) in [5.41, 5.74) is 7.72. The fourth-order valence-electron chi connectivity index (χ4n) is 2.33. The highest BCUT2D eigenvalue weighted by molar-refractivity contribution is 7.95. The SMILES string of the molecule is NCc1ccc2c(c1)C(COc1ccc(O)cc1)=CS2(=O)=O. The van der Waals surface area contributed by atoms with Crippen LogP contribution in [0.4, 0.5) is 0 Å². The molecule has 2 aromatic carbocycles. The summed E-state index contributed by atoms with van der Waals surface area (Å²) in [6, 6.07) is 11.3. The number of phenolic OH excluding ortho intramolecular Hbond substituents is 1. The van der Waals surface area contributed by atoms with E-state index in [0.717, 1.165) is 5.56 Å². The molecule has 22 heavy (non-hydrogen) atoms. The average molecular weight is 317 g/mol. The van der Waals surface area contributed by atoms with Crippen LogP contribution in [0.25, 0.3) is 5.57 Å². The molecule has 0 unspecified atom stereocenters. The number of nitrogens with two attached hydrogens (primary N) is 1. The number of rotatable bonds is 4. The molecule has 1 heterocycles. The first-order chi connectivity index (χ1) is 10.5. The maximum absolute atomic E-state index is 12.1. The molecular weight excluding hydrogens is 302 g/mol. The minimum atomic E-state index is -3.41. The molecule has 3 N–H and O–H groups in total. The average Bonchev–Trinajstić information content (AvgIpc) is 2.77. The molecule has 6 heteroatoms. The zero-order valence-corrected chi connectivity index (χ0v) is 12.5. The van der Waals surface area contributed by atoms with Gasteiger partial charge in [0.2, 0.25) is 9.84 Å². The van der Waals surface area contributed by atoms with Crippen LogP contribution in [0.15, 0.2) is 52.8 Å². The smallest absolute Gasteiger partial charge is 0.200 e. The summed E-state index contributed by atoms with van der Waals surface area (Å²) < 4.78 is 29.8. The third-order valence-electron chi connectivity index (χ3n) is 3.46. The maximum atomic E-state index is 12.1. The molecule has 0 aliphatic carbocycles. The molecule has 1 aliphatic heterocycles. The summed E-state index contributed by atoms with van der Waals surface area (Å²) in [4.78, 5) is 0.286. The molecule has 0 spiro atoms. The van der Waals surface area contributed by atoms with Crippen molar-refractivity contribution in [2.75, 3.05) is 6.61 Å². The van der Waals surface area contributed by atoms with Gasteiger partial charge in [0.1, 0.15) is 18.1 Å². The van der Waals surface area contributed by atoms with Gasteiger partial charge in [-0.2, -0.15) is 0 Å². The number of hydrogen-bond donors (Lipinski definition) is 2. The first kappa shape index (κ1) is 14.6. The van der Waals surface area contributed by atoms with Crippen molar-refractivity contribution in [3.05, 3.63) is 59.0 Å². The van der Waals surface area contributed by atoms with Crippen LogP contribution in [0, 0.1) is 0 Å². The first-order valence-corrected chi connectivity index (χ1v) is 8.25. The molecule has 0 radical (unpaired) electrons. The number of fused-ring (bicyclic) bond motifs is 1. The topological polar surface area (TPSA) is 89.6 Å². The Bertz CT molecular complexity index is 839. The standard InChI is InChI=1S/C16H15NO4S/c17-8-11-1-6-16-15(7-11)12(10-22(16,19)20)9-21-14-4-2-13(18)3-5-14/h1-7,10,18H,8-9,17H2. The Labute approximate surface area is 128 Å². The van der Waals surface area contributed by atoms with E-state index >= 15 is 0 Å². The summed E-state index contributed by atoms with van der Waals surface area (Å²) in [6.45, 7) is 0.477. The van der Waals surface area contributed by atoms with Crippen molar-refractivity contribution in [1.82, 2.24) is 0 Å². The summed E-state index contributed by atoms with van der Waals surface area (Å²) in [5, 5.41) is 10.5. The van der Waals surface area contributed by atoms with E-state index in [2.05, 4.69) is 0 Å². The van der Waals surface area contributed by atoms with Crippen LogP contribution < -0.4 is 10.5 Å². The second kappa shape index (κ2) is 5.47. The zero-order chi connectivity index (χ0) is 15.7. The van der Waals surface area contributed by atoms with Crippen molar-refractivity contribution in [3.63, 3.8) is 0 Å². The molecule has 0 bridgehead atoms. The molecule has 2 aromatic rings. The van der Waals surface area contributed by atoms with E-state index in [4.69, 9.17) is 10.5 Å². The molecule has 3 rings (SSSR count). The Hall–Kier alpha value is -2.31. The molecule has 0 aromatic heterocycles. The van der Waals surface area contributed by atoms with Crippen molar-refractivity contribution in [2.45, 2.75) is 11.4 Å². The van der Waals surface area contributed by atoms with Gasteiger partial charge in [0.05, 0.1) is 4.90 Å². The number of ether oxygens (including phenoxy) is 1. The summed E-state index contributed by atoms with van der Waals surface area (Å²) in [5.74, 6) is 0.701. The second-order valence-corrected chi connectivity index (χ2v) is 6.77. The molecule has 0 fully saturated rings. The lowest BCUT2D eigenvalue weighted by Crippen LogP contribution is -2.02. The van der Waals surface area contributed by atoms with E-state index < -0.39 is 9.84 Å². The molecular formula is C16H15NO4S. The van der Waals surface area contributed by atoms with Gasteiger partial charge < -0.3 is 15.6 Å². The van der Waals surface area contributed by atoms with Crippen LogP contribution in [0.3, 0.4) is 0 Å². The minimum Gasteiger partial charge on any atom is -0.508 e. The van der Waals surface area contributed by atoms with Gasteiger partial charge in [0, 0.05) is 23.1 Å². The van der Waals surface area contributed by atoms with Crippen LogP contribution in [-0.2, 0) is 16.4 Å². The summed E-state index contributed by atoms with van der Waals surface area (Å²) in [6.07, 6.45) is 0. The Balaban J connectivity index is 1.88. The summed E-state index contributed by atoms with van der Waals surface area (Å²) in [7, 11) is -3.41. The van der Waals surface area contributed by atoms with Crippen molar-refractivity contribution < 1.29 is 18.3 Å². The van der Waals surface area contributed by atoms with Crippen molar-refractivity contribution in [3.8, 4) is 11.5 Å². The number of aromatic hydroxyl groups is 1. The van der Waals surface area contributed by atoms with E-state index in [9.17, 15) is 13.5 Å². The number of sulfone groups is 1. The van der Waals surface area contributed by atoms with Crippen LogP contribution in [0.1, 0.15) is 11.1 Å². The highest BCUT2D eigenvalue weighted by Gasteiger charge is 2.27. The lowest BCUT2D eigenvalue weighted by molar-refractivity contribution is 0.368. The lowest BCUT2D eigenvalue weighted by Gasteiger charge is -2.09. The second-order valence-electron chi connectivity index (χ2n) is 5.01. The largest absolute Gasteiger partial charge is 0.508 e. The predicted octanol–water partition coefficient (Wildman–Crippen LogP) is 2.06. The lowest BCUT2D eigenvalue weighted by atomic mass is 10.1. The van der Waals surface area contributed by atoms with Crippen molar-refractivity contribution >= 4 is 15.4 Å². The molecule has 0 saturated heterocycles. The van der Waals surface area contributed by atoms with E-state index in [0.29, 0.717) is 23.4 Å². The number of hydrogen-bond acceptors (Lipinski definition) is 5. The van der Waals surface area contributed by atoms with Crippen molar-refractivity contribution in [2.24, 2.45) is 5.73 Å². The molecule has 5 nitrogen and oxygen atoms in total. The third kappa shape index (κ3) is 2.70. The van der Waals surface area contributed by atoms with Crippen molar-refractivity contribution in [1.29, 1.82) is 0 Å². The Morgan fingerprint density at radius 3 is 2.50 bits per heavy atom. The first-order valence-electron chi connectivity index (χ1n) is 6.70. The van der Waals surface area contributed by atoms with Gasteiger partial charge in [-0.1, -0.05) is 6.07 Å². The Morgan fingerprint density at radius 2 is 1.82 bits per heavy atom. The molecule has 0 amide bonds. The van der Waals surface area contributed by atoms with E-state index in [-0.39, 0.29) is 17.3 Å². The normalized spacial score (nSPS) is 15.2. The monoisotopic (exact) mass is 317 g/mol. The third-order valence-corrected chi connectivity index (χ3v) is 5.02. The molecule has 0 saturated carbocycles. The predicted molar refractivity (Wildman–Crippen MR) is 83.1 cm³/mol. The van der Waals surface area contributed by atoms with Gasteiger partial charge in [-0.05, 0) is 42.0 Å². The fraction of sp³-hybridized carbons (Fsp3) is 0.125. The van der Waals surface area contributed by atoms with Gasteiger partial charge >= 0.3 is 0 Å². The summed E-state index contributed by atoms with van der Waals surface area (Å²) >= 11 is 0. The van der Waals surface area contributed by atoms with Gasteiger partial charge in [-0.15, -0.1) is 0 Å². The van der Waals surface area contributed by atoms with Gasteiger partial charge in [-0.25, -0.2) is 8.42 Å². The Kier molecular flexibility index (Phi) is 3.64.